The van der Waals surface area contributed by atoms with Crippen molar-refractivity contribution in [3.63, 3.8) is 0 Å². The average molecular weight is 476 g/mol. The van der Waals surface area contributed by atoms with Crippen molar-refractivity contribution in [3.8, 4) is 11.5 Å². The maximum absolute atomic E-state index is 13.1. The minimum atomic E-state index is -0.202. The second-order valence-electron chi connectivity index (χ2n) is 7.13. The summed E-state index contributed by atoms with van der Waals surface area (Å²) < 4.78 is 11.3. The number of hydrogen-bond donors (Lipinski definition) is 1. The molecule has 0 aromatic heterocycles. The van der Waals surface area contributed by atoms with Crippen LogP contribution >= 0.6 is 23.4 Å². The van der Waals surface area contributed by atoms with Crippen LogP contribution in [0.1, 0.15) is 15.9 Å². The van der Waals surface area contributed by atoms with Gasteiger partial charge in [-0.3, -0.25) is 4.79 Å². The summed E-state index contributed by atoms with van der Waals surface area (Å²) in [4.78, 5) is 15.1. The highest BCUT2D eigenvalue weighted by Gasteiger charge is 2.13. The van der Waals surface area contributed by atoms with Gasteiger partial charge in [0.2, 0.25) is 0 Å². The second kappa shape index (κ2) is 10.9. The Kier molecular flexibility index (Phi) is 7.55. The van der Waals surface area contributed by atoms with E-state index in [1.165, 1.54) is 0 Å². The molecule has 4 rings (SSSR count). The molecular formula is C27H22ClNO3S. The van der Waals surface area contributed by atoms with Crippen molar-refractivity contribution in [1.82, 2.24) is 0 Å². The third-order valence-electron chi connectivity index (χ3n) is 4.86. The van der Waals surface area contributed by atoms with Crippen molar-refractivity contribution >= 4 is 35.0 Å². The SMILES string of the molecule is COc1ccc(C(=O)Nc2ccccc2Sc2ccccc2)cc1COc1ccc(Cl)cc1. The molecule has 0 bridgehead atoms. The van der Waals surface area contributed by atoms with Crippen molar-refractivity contribution in [2.24, 2.45) is 0 Å². The molecule has 1 N–H and O–H groups in total. The van der Waals surface area contributed by atoms with Crippen molar-refractivity contribution in [2.75, 3.05) is 12.4 Å². The molecule has 0 radical (unpaired) electrons. The van der Waals surface area contributed by atoms with E-state index in [1.807, 2.05) is 54.6 Å². The van der Waals surface area contributed by atoms with Crippen LogP contribution in [0.15, 0.2) is 107 Å². The summed E-state index contributed by atoms with van der Waals surface area (Å²) in [5.74, 6) is 1.13. The van der Waals surface area contributed by atoms with Crippen molar-refractivity contribution < 1.29 is 14.3 Å². The zero-order valence-electron chi connectivity index (χ0n) is 18.0. The molecule has 0 atom stereocenters. The predicted molar refractivity (Wildman–Crippen MR) is 134 cm³/mol. The van der Waals surface area contributed by atoms with Gasteiger partial charge in [0.15, 0.2) is 0 Å². The first kappa shape index (κ1) is 22.8. The second-order valence-corrected chi connectivity index (χ2v) is 8.69. The van der Waals surface area contributed by atoms with Gasteiger partial charge in [0.25, 0.3) is 5.91 Å². The van der Waals surface area contributed by atoms with Crippen LogP contribution in [0.2, 0.25) is 5.02 Å². The summed E-state index contributed by atoms with van der Waals surface area (Å²) in [5, 5.41) is 3.68. The molecule has 4 aromatic carbocycles. The Hall–Kier alpha value is -3.41. The number of carbonyl (C=O) groups excluding carboxylic acids is 1. The number of carbonyl (C=O) groups is 1. The average Bonchev–Trinajstić information content (AvgIpc) is 2.85. The van der Waals surface area contributed by atoms with Gasteiger partial charge in [-0.1, -0.05) is 53.7 Å². The molecule has 166 valence electrons. The van der Waals surface area contributed by atoms with E-state index in [0.717, 1.165) is 21.0 Å². The number of methoxy groups -OCH3 is 1. The van der Waals surface area contributed by atoms with E-state index in [4.69, 9.17) is 21.1 Å². The molecule has 0 unspecified atom stereocenters. The largest absolute Gasteiger partial charge is 0.496 e. The number of ether oxygens (including phenoxy) is 2. The molecule has 33 heavy (non-hydrogen) atoms. The van der Waals surface area contributed by atoms with Crippen LogP contribution in [0.4, 0.5) is 5.69 Å². The molecule has 0 heterocycles. The summed E-state index contributed by atoms with van der Waals surface area (Å²) in [5.41, 5.74) is 2.04. The van der Waals surface area contributed by atoms with Crippen LogP contribution in [-0.2, 0) is 6.61 Å². The lowest BCUT2D eigenvalue weighted by Crippen LogP contribution is -2.13. The van der Waals surface area contributed by atoms with Crippen molar-refractivity contribution in [2.45, 2.75) is 16.4 Å². The minimum absolute atomic E-state index is 0.202. The topological polar surface area (TPSA) is 47.6 Å². The fourth-order valence-electron chi connectivity index (χ4n) is 3.19. The zero-order valence-corrected chi connectivity index (χ0v) is 19.5. The van der Waals surface area contributed by atoms with E-state index in [2.05, 4.69) is 5.32 Å². The third-order valence-corrected chi connectivity index (χ3v) is 6.19. The Balaban J connectivity index is 1.50. The quantitative estimate of drug-likeness (QED) is 0.290. The normalized spacial score (nSPS) is 10.5. The van der Waals surface area contributed by atoms with Crippen LogP contribution in [0.5, 0.6) is 11.5 Å². The van der Waals surface area contributed by atoms with Gasteiger partial charge in [-0.25, -0.2) is 0 Å². The predicted octanol–water partition coefficient (Wildman–Crippen LogP) is 7.33. The van der Waals surface area contributed by atoms with Gasteiger partial charge in [-0.15, -0.1) is 0 Å². The van der Waals surface area contributed by atoms with Crippen LogP contribution in [-0.4, -0.2) is 13.0 Å². The minimum Gasteiger partial charge on any atom is -0.496 e. The van der Waals surface area contributed by atoms with Gasteiger partial charge in [-0.05, 0) is 66.7 Å². The highest BCUT2D eigenvalue weighted by molar-refractivity contribution is 7.99. The highest BCUT2D eigenvalue weighted by atomic mass is 35.5. The van der Waals surface area contributed by atoms with Crippen molar-refractivity contribution in [3.05, 3.63) is 113 Å². The number of rotatable bonds is 8. The smallest absolute Gasteiger partial charge is 0.255 e. The lowest BCUT2D eigenvalue weighted by Gasteiger charge is -2.14. The van der Waals surface area contributed by atoms with Crippen LogP contribution in [0, 0.1) is 0 Å². The number of hydrogen-bond acceptors (Lipinski definition) is 4. The Morgan fingerprint density at radius 3 is 2.39 bits per heavy atom. The molecule has 6 heteroatoms. The molecule has 0 aliphatic heterocycles. The Morgan fingerprint density at radius 1 is 0.909 bits per heavy atom. The molecule has 0 saturated carbocycles. The summed E-state index contributed by atoms with van der Waals surface area (Å²) in [6, 6.07) is 30.3. The number of para-hydroxylation sites is 1. The third kappa shape index (κ3) is 6.09. The first-order valence-electron chi connectivity index (χ1n) is 10.3. The summed E-state index contributed by atoms with van der Waals surface area (Å²) >= 11 is 7.54. The maximum atomic E-state index is 13.1. The number of nitrogens with one attached hydrogen (secondary N) is 1. The first-order chi connectivity index (χ1) is 16.1. The zero-order chi connectivity index (χ0) is 23.0. The number of halogens is 1. The summed E-state index contributed by atoms with van der Waals surface area (Å²) in [6.45, 7) is 0.256. The van der Waals surface area contributed by atoms with Crippen molar-refractivity contribution in [1.29, 1.82) is 0 Å². The highest BCUT2D eigenvalue weighted by Crippen LogP contribution is 2.33. The van der Waals surface area contributed by atoms with Gasteiger partial charge < -0.3 is 14.8 Å². The molecule has 0 aliphatic rings. The van der Waals surface area contributed by atoms with Gasteiger partial charge in [0.05, 0.1) is 12.8 Å². The Labute approximate surface area is 202 Å². The number of benzene rings is 4. The molecule has 4 aromatic rings. The van der Waals surface area contributed by atoms with E-state index < -0.39 is 0 Å². The van der Waals surface area contributed by atoms with Gasteiger partial charge in [-0.2, -0.15) is 0 Å². The van der Waals surface area contributed by atoms with E-state index in [-0.39, 0.29) is 12.5 Å². The first-order valence-corrected chi connectivity index (χ1v) is 11.5. The summed E-state index contributed by atoms with van der Waals surface area (Å²) in [6.07, 6.45) is 0. The standard InChI is InChI=1S/C27H22ClNO3S/c1-31-25-16-11-19(17-20(25)18-32-22-14-12-21(28)13-15-22)27(30)29-24-9-5-6-10-26(24)33-23-7-3-2-4-8-23/h2-17H,18H2,1H3,(H,29,30). The van der Waals surface area contributed by atoms with Gasteiger partial charge in [0.1, 0.15) is 18.1 Å². The van der Waals surface area contributed by atoms with E-state index in [0.29, 0.717) is 22.1 Å². The van der Waals surface area contributed by atoms with Crippen LogP contribution < -0.4 is 14.8 Å². The number of amides is 1. The van der Waals surface area contributed by atoms with E-state index >= 15 is 0 Å². The Bertz CT molecular complexity index is 1230. The summed E-state index contributed by atoms with van der Waals surface area (Å²) in [7, 11) is 1.60. The molecule has 4 nitrogen and oxygen atoms in total. The lowest BCUT2D eigenvalue weighted by atomic mass is 10.1. The van der Waals surface area contributed by atoms with Gasteiger partial charge >= 0.3 is 0 Å². The number of anilines is 1. The fourth-order valence-corrected chi connectivity index (χ4v) is 4.24. The van der Waals surface area contributed by atoms with Crippen LogP contribution in [0.25, 0.3) is 0 Å². The van der Waals surface area contributed by atoms with E-state index in [9.17, 15) is 4.79 Å². The molecule has 0 fully saturated rings. The Morgan fingerprint density at radius 2 is 1.64 bits per heavy atom. The van der Waals surface area contributed by atoms with Gasteiger partial charge in [0, 0.05) is 25.9 Å². The molecule has 0 aliphatic carbocycles. The maximum Gasteiger partial charge on any atom is 0.255 e. The van der Waals surface area contributed by atoms with E-state index in [1.54, 1.807) is 61.3 Å². The molecule has 1 amide bonds. The lowest BCUT2D eigenvalue weighted by molar-refractivity contribution is 0.102. The molecule has 0 saturated heterocycles. The van der Waals surface area contributed by atoms with Crippen LogP contribution in [0.3, 0.4) is 0 Å². The fraction of sp³-hybridized carbons (Fsp3) is 0.0741. The molecule has 0 spiro atoms. The molecular weight excluding hydrogens is 454 g/mol. The monoisotopic (exact) mass is 475 g/mol.